The zero-order valence-corrected chi connectivity index (χ0v) is 15.3. The van der Waals surface area contributed by atoms with Crippen LogP contribution in [0, 0.1) is 11.3 Å². The fourth-order valence-corrected chi connectivity index (χ4v) is 2.28. The first-order valence-electron chi connectivity index (χ1n) is 8.37. The van der Waals surface area contributed by atoms with E-state index >= 15 is 0 Å². The highest BCUT2D eigenvalue weighted by molar-refractivity contribution is 6.04. The van der Waals surface area contributed by atoms with Crippen LogP contribution >= 0.6 is 0 Å². The fourth-order valence-electron chi connectivity index (χ4n) is 2.28. The molecule has 2 rings (SSSR count). The van der Waals surface area contributed by atoms with Crippen LogP contribution < -0.4 is 10.9 Å². The average molecular weight is 372 g/mol. The highest BCUT2D eigenvalue weighted by atomic mass is 16.5. The second-order valence-electron chi connectivity index (χ2n) is 5.12. The maximum absolute atomic E-state index is 12.2. The van der Waals surface area contributed by atoms with Gasteiger partial charge in [0, 0.05) is 18.9 Å². The van der Waals surface area contributed by atoms with Crippen LogP contribution in [0.4, 0.5) is 5.69 Å². The second-order valence-corrected chi connectivity index (χ2v) is 5.12. The van der Waals surface area contributed by atoms with Crippen LogP contribution in [0.1, 0.15) is 31.1 Å². The van der Waals surface area contributed by atoms with E-state index in [1.165, 1.54) is 6.20 Å². The summed E-state index contributed by atoms with van der Waals surface area (Å²) in [5.74, 6) is -1.31. The number of nitrogens with zero attached hydrogens (tertiary/aromatic N) is 4. The Morgan fingerprint density at radius 3 is 2.63 bits per heavy atom. The molecule has 10 nitrogen and oxygen atoms in total. The second kappa shape index (κ2) is 9.19. The normalized spacial score (nSPS) is 11.0. The SMILES string of the molecule is CCOC(=O)C(C#N)=CNNc1c(C(=O)OCC)cnc2c1cnn2CC. The molecule has 0 radical (unpaired) electrons. The summed E-state index contributed by atoms with van der Waals surface area (Å²) in [5, 5.41) is 13.9. The molecule has 0 aliphatic heterocycles. The topological polar surface area (TPSA) is 131 Å². The lowest BCUT2D eigenvalue weighted by molar-refractivity contribution is -0.138. The molecule has 142 valence electrons. The van der Waals surface area contributed by atoms with Crippen molar-refractivity contribution < 1.29 is 19.1 Å². The van der Waals surface area contributed by atoms with Gasteiger partial charge >= 0.3 is 11.9 Å². The summed E-state index contributed by atoms with van der Waals surface area (Å²) in [6.07, 6.45) is 4.11. The van der Waals surface area contributed by atoms with E-state index in [1.807, 2.05) is 6.92 Å². The van der Waals surface area contributed by atoms with Gasteiger partial charge < -0.3 is 14.9 Å². The Kier molecular flexibility index (Phi) is 6.71. The molecular formula is C17H20N6O4. The van der Waals surface area contributed by atoms with Crippen molar-refractivity contribution >= 4 is 28.7 Å². The third-order valence-corrected chi connectivity index (χ3v) is 3.49. The highest BCUT2D eigenvalue weighted by Crippen LogP contribution is 2.26. The molecule has 10 heteroatoms. The number of nitrogens with one attached hydrogen (secondary N) is 2. The predicted octanol–water partition coefficient (Wildman–Crippen LogP) is 1.51. The average Bonchev–Trinajstić information content (AvgIpc) is 3.09. The molecule has 2 heterocycles. The van der Waals surface area contributed by atoms with Gasteiger partial charge in [-0.25, -0.2) is 19.3 Å². The number of hydrogen-bond donors (Lipinski definition) is 2. The zero-order chi connectivity index (χ0) is 19.8. The Morgan fingerprint density at radius 2 is 2.00 bits per heavy atom. The maximum atomic E-state index is 12.2. The lowest BCUT2D eigenvalue weighted by atomic mass is 10.2. The van der Waals surface area contributed by atoms with Crippen molar-refractivity contribution in [3.8, 4) is 6.07 Å². The Bertz CT molecular complexity index is 912. The first kappa shape index (κ1) is 19.7. The molecule has 0 atom stereocenters. The molecule has 2 aromatic rings. The van der Waals surface area contributed by atoms with Crippen LogP contribution in [0.3, 0.4) is 0 Å². The minimum absolute atomic E-state index is 0.152. The van der Waals surface area contributed by atoms with E-state index in [0.717, 1.165) is 6.20 Å². The number of esters is 2. The molecule has 0 saturated heterocycles. The third-order valence-electron chi connectivity index (χ3n) is 3.49. The Morgan fingerprint density at radius 1 is 1.26 bits per heavy atom. The highest BCUT2D eigenvalue weighted by Gasteiger charge is 2.19. The molecular weight excluding hydrogens is 352 g/mol. The first-order chi connectivity index (χ1) is 13.1. The molecule has 0 spiro atoms. The maximum Gasteiger partial charge on any atom is 0.350 e. The molecule has 0 aromatic carbocycles. The zero-order valence-electron chi connectivity index (χ0n) is 15.3. The van der Waals surface area contributed by atoms with Gasteiger partial charge in [0.1, 0.15) is 11.6 Å². The molecule has 0 bridgehead atoms. The summed E-state index contributed by atoms with van der Waals surface area (Å²) < 4.78 is 11.5. The van der Waals surface area contributed by atoms with Gasteiger partial charge in [-0.1, -0.05) is 0 Å². The Labute approximate surface area is 155 Å². The number of hydrogen-bond acceptors (Lipinski definition) is 9. The Hall–Kier alpha value is -3.61. The van der Waals surface area contributed by atoms with Gasteiger partial charge in [0.25, 0.3) is 0 Å². The van der Waals surface area contributed by atoms with Gasteiger partial charge in [0.05, 0.1) is 30.5 Å². The quantitative estimate of drug-likeness (QED) is 0.306. The number of nitriles is 1. The van der Waals surface area contributed by atoms with Gasteiger partial charge in [0.2, 0.25) is 0 Å². The number of ether oxygens (including phenoxy) is 2. The van der Waals surface area contributed by atoms with E-state index in [9.17, 15) is 9.59 Å². The van der Waals surface area contributed by atoms with Crippen molar-refractivity contribution in [2.45, 2.75) is 27.3 Å². The number of carbonyl (C=O) groups is 2. The standard InChI is InChI=1S/C17H20N6O4/c1-4-23-15-12(10-21-23)14(13(9-19-15)17(25)27-6-3)22-20-8-11(7-18)16(24)26-5-2/h8-10,20H,4-6H2,1-3H3,(H,19,22). The molecule has 27 heavy (non-hydrogen) atoms. The molecule has 2 N–H and O–H groups in total. The molecule has 0 aliphatic rings. The summed E-state index contributed by atoms with van der Waals surface area (Å²) >= 11 is 0. The van der Waals surface area contributed by atoms with Crippen molar-refractivity contribution in [2.24, 2.45) is 0 Å². The summed E-state index contributed by atoms with van der Waals surface area (Å²) in [6.45, 7) is 6.22. The summed E-state index contributed by atoms with van der Waals surface area (Å²) in [7, 11) is 0. The van der Waals surface area contributed by atoms with E-state index in [1.54, 1.807) is 30.8 Å². The molecule has 2 aromatic heterocycles. The van der Waals surface area contributed by atoms with Crippen LogP contribution in [0.25, 0.3) is 11.0 Å². The molecule has 0 unspecified atom stereocenters. The lowest BCUT2D eigenvalue weighted by Gasteiger charge is -2.12. The van der Waals surface area contributed by atoms with Crippen molar-refractivity contribution in [2.75, 3.05) is 18.6 Å². The van der Waals surface area contributed by atoms with E-state index in [4.69, 9.17) is 14.7 Å². The number of pyridine rings is 1. The Balaban J connectivity index is 2.38. The smallest absolute Gasteiger partial charge is 0.350 e. The molecule has 0 saturated carbocycles. The van der Waals surface area contributed by atoms with Gasteiger partial charge in [-0.2, -0.15) is 10.4 Å². The number of rotatable bonds is 8. The first-order valence-corrected chi connectivity index (χ1v) is 8.37. The van der Waals surface area contributed by atoms with Gasteiger partial charge in [0.15, 0.2) is 11.2 Å². The molecule has 0 amide bonds. The predicted molar refractivity (Wildman–Crippen MR) is 96.2 cm³/mol. The monoisotopic (exact) mass is 372 g/mol. The minimum atomic E-state index is -0.751. The summed E-state index contributed by atoms with van der Waals surface area (Å²) in [5.41, 5.74) is 6.37. The number of hydrazine groups is 1. The minimum Gasteiger partial charge on any atom is -0.462 e. The van der Waals surface area contributed by atoms with Crippen LogP contribution in [0.15, 0.2) is 24.2 Å². The third kappa shape index (κ3) is 4.33. The van der Waals surface area contributed by atoms with Crippen molar-refractivity contribution in [3.63, 3.8) is 0 Å². The van der Waals surface area contributed by atoms with Gasteiger partial charge in [-0.3, -0.25) is 5.43 Å². The van der Waals surface area contributed by atoms with Crippen molar-refractivity contribution in [1.82, 2.24) is 20.2 Å². The summed E-state index contributed by atoms with van der Waals surface area (Å²) in [6, 6.07) is 1.74. The van der Waals surface area contributed by atoms with Crippen LogP contribution in [-0.4, -0.2) is 39.9 Å². The lowest BCUT2D eigenvalue weighted by Crippen LogP contribution is -2.20. The largest absolute Gasteiger partial charge is 0.462 e. The van der Waals surface area contributed by atoms with Gasteiger partial charge in [-0.15, -0.1) is 0 Å². The van der Waals surface area contributed by atoms with Crippen LogP contribution in [0.5, 0.6) is 0 Å². The number of anilines is 1. The fraction of sp³-hybridized carbons (Fsp3) is 0.353. The van der Waals surface area contributed by atoms with E-state index in [2.05, 4.69) is 20.9 Å². The van der Waals surface area contributed by atoms with Crippen LogP contribution in [-0.2, 0) is 20.8 Å². The molecule has 0 aliphatic carbocycles. The van der Waals surface area contributed by atoms with Gasteiger partial charge in [-0.05, 0) is 20.8 Å². The molecule has 0 fully saturated rings. The van der Waals surface area contributed by atoms with Crippen molar-refractivity contribution in [1.29, 1.82) is 5.26 Å². The van der Waals surface area contributed by atoms with Crippen LogP contribution in [0.2, 0.25) is 0 Å². The van der Waals surface area contributed by atoms with E-state index < -0.39 is 11.9 Å². The van der Waals surface area contributed by atoms with E-state index in [0.29, 0.717) is 23.3 Å². The van der Waals surface area contributed by atoms with E-state index in [-0.39, 0.29) is 24.4 Å². The summed E-state index contributed by atoms with van der Waals surface area (Å²) in [4.78, 5) is 28.2. The van der Waals surface area contributed by atoms with Crippen molar-refractivity contribution in [3.05, 3.63) is 29.7 Å². The number of aryl methyl sites for hydroxylation is 1. The number of aromatic nitrogens is 3. The number of fused-ring (bicyclic) bond motifs is 1. The number of carbonyl (C=O) groups excluding carboxylic acids is 2.